The number of ether oxygens (including phenoxy) is 1. The molecule has 1 aliphatic rings. The molecule has 0 amide bonds. The summed E-state index contributed by atoms with van der Waals surface area (Å²) in [5.41, 5.74) is 7.51. The van der Waals surface area contributed by atoms with E-state index in [2.05, 4.69) is 11.9 Å². The fourth-order valence-corrected chi connectivity index (χ4v) is 2.94. The molecule has 1 aromatic carbocycles. The quantitative estimate of drug-likeness (QED) is 0.832. The van der Waals surface area contributed by atoms with Gasteiger partial charge in [-0.25, -0.2) is 0 Å². The molecule has 2 unspecified atom stereocenters. The molecule has 0 aliphatic heterocycles. The zero-order valence-corrected chi connectivity index (χ0v) is 11.3. The van der Waals surface area contributed by atoms with Crippen LogP contribution in [-0.4, -0.2) is 11.1 Å². The Morgan fingerprint density at radius 1 is 1.26 bits per heavy atom. The van der Waals surface area contributed by atoms with Crippen LogP contribution in [0, 0.1) is 5.92 Å². The number of hydrogen-bond donors (Lipinski definition) is 1. The SMILES string of the molecule is CC1CCCC(Oc2ccnc3c(N)cccc23)C1. The summed E-state index contributed by atoms with van der Waals surface area (Å²) in [6.07, 6.45) is 6.99. The van der Waals surface area contributed by atoms with E-state index in [1.807, 2.05) is 24.3 Å². The maximum absolute atomic E-state index is 6.20. The van der Waals surface area contributed by atoms with E-state index in [1.165, 1.54) is 12.8 Å². The molecule has 19 heavy (non-hydrogen) atoms. The van der Waals surface area contributed by atoms with Gasteiger partial charge in [-0.1, -0.05) is 19.4 Å². The lowest BCUT2D eigenvalue weighted by atomic mass is 9.88. The molecule has 1 aromatic heterocycles. The number of nitrogen functional groups attached to an aromatic ring is 1. The van der Waals surface area contributed by atoms with Crippen LogP contribution in [0.15, 0.2) is 30.5 Å². The van der Waals surface area contributed by atoms with Gasteiger partial charge in [0.15, 0.2) is 0 Å². The molecule has 1 heterocycles. The zero-order valence-electron chi connectivity index (χ0n) is 11.3. The molecule has 1 fully saturated rings. The van der Waals surface area contributed by atoms with Crippen LogP contribution in [0.4, 0.5) is 5.69 Å². The summed E-state index contributed by atoms with van der Waals surface area (Å²) < 4.78 is 6.20. The minimum Gasteiger partial charge on any atom is -0.490 e. The first-order valence-corrected chi connectivity index (χ1v) is 7.04. The van der Waals surface area contributed by atoms with Gasteiger partial charge in [-0.05, 0) is 43.4 Å². The first-order valence-electron chi connectivity index (χ1n) is 7.04. The molecule has 1 aliphatic carbocycles. The van der Waals surface area contributed by atoms with Crippen molar-refractivity contribution in [3.63, 3.8) is 0 Å². The monoisotopic (exact) mass is 256 g/mol. The number of pyridine rings is 1. The highest BCUT2D eigenvalue weighted by Gasteiger charge is 2.21. The number of rotatable bonds is 2. The largest absolute Gasteiger partial charge is 0.490 e. The van der Waals surface area contributed by atoms with Crippen LogP contribution in [0.2, 0.25) is 0 Å². The Bertz CT molecular complexity index is 582. The summed E-state index contributed by atoms with van der Waals surface area (Å²) in [4.78, 5) is 4.34. The molecule has 0 spiro atoms. The van der Waals surface area contributed by atoms with E-state index < -0.39 is 0 Å². The minimum atomic E-state index is 0.329. The van der Waals surface area contributed by atoms with E-state index in [9.17, 15) is 0 Å². The first kappa shape index (κ1) is 12.3. The predicted molar refractivity (Wildman–Crippen MR) is 78.2 cm³/mol. The number of benzene rings is 1. The second-order valence-electron chi connectivity index (χ2n) is 5.56. The molecule has 0 saturated heterocycles. The van der Waals surface area contributed by atoms with Crippen LogP contribution < -0.4 is 10.5 Å². The summed E-state index contributed by atoms with van der Waals surface area (Å²) >= 11 is 0. The first-order chi connectivity index (χ1) is 9.24. The topological polar surface area (TPSA) is 48.1 Å². The van der Waals surface area contributed by atoms with Crippen molar-refractivity contribution < 1.29 is 4.74 Å². The molecule has 2 N–H and O–H groups in total. The molecule has 0 bridgehead atoms. The van der Waals surface area contributed by atoms with E-state index in [-0.39, 0.29) is 0 Å². The smallest absolute Gasteiger partial charge is 0.130 e. The summed E-state index contributed by atoms with van der Waals surface area (Å²) in [6.45, 7) is 2.30. The number of anilines is 1. The van der Waals surface area contributed by atoms with E-state index in [4.69, 9.17) is 10.5 Å². The van der Waals surface area contributed by atoms with Crippen LogP contribution >= 0.6 is 0 Å². The number of nitrogens with two attached hydrogens (primary N) is 1. The normalized spacial score (nSPS) is 23.4. The Morgan fingerprint density at radius 2 is 2.16 bits per heavy atom. The average molecular weight is 256 g/mol. The van der Waals surface area contributed by atoms with E-state index >= 15 is 0 Å². The van der Waals surface area contributed by atoms with Gasteiger partial charge in [-0.15, -0.1) is 0 Å². The van der Waals surface area contributed by atoms with Crippen LogP contribution in [0.25, 0.3) is 10.9 Å². The van der Waals surface area contributed by atoms with E-state index in [0.717, 1.165) is 35.4 Å². The fraction of sp³-hybridized carbons (Fsp3) is 0.438. The molecular formula is C16H20N2O. The molecule has 100 valence electrons. The number of aromatic nitrogens is 1. The van der Waals surface area contributed by atoms with Crippen LogP contribution in [-0.2, 0) is 0 Å². The average Bonchev–Trinajstić information content (AvgIpc) is 2.40. The lowest BCUT2D eigenvalue weighted by Crippen LogP contribution is -2.24. The Hall–Kier alpha value is -1.77. The number of nitrogens with zero attached hydrogens (tertiary/aromatic N) is 1. The lowest BCUT2D eigenvalue weighted by molar-refractivity contribution is 0.131. The third-order valence-corrected chi connectivity index (χ3v) is 3.94. The predicted octanol–water partition coefficient (Wildman–Crippen LogP) is 3.77. The van der Waals surface area contributed by atoms with Crippen molar-refractivity contribution in [2.45, 2.75) is 38.7 Å². The summed E-state index contributed by atoms with van der Waals surface area (Å²) in [5.74, 6) is 1.67. The number of fused-ring (bicyclic) bond motifs is 1. The molecule has 0 radical (unpaired) electrons. The maximum Gasteiger partial charge on any atom is 0.130 e. The Balaban J connectivity index is 1.90. The lowest BCUT2D eigenvalue weighted by Gasteiger charge is -2.27. The van der Waals surface area contributed by atoms with Crippen LogP contribution in [0.1, 0.15) is 32.6 Å². The van der Waals surface area contributed by atoms with Crippen molar-refractivity contribution in [1.29, 1.82) is 0 Å². The van der Waals surface area contributed by atoms with Crippen molar-refractivity contribution in [3.05, 3.63) is 30.5 Å². The zero-order chi connectivity index (χ0) is 13.2. The van der Waals surface area contributed by atoms with Crippen molar-refractivity contribution in [3.8, 4) is 5.75 Å². The Kier molecular flexibility index (Phi) is 3.28. The molecule has 1 saturated carbocycles. The highest BCUT2D eigenvalue weighted by atomic mass is 16.5. The Labute approximate surface area is 113 Å². The molecule has 2 aromatic rings. The third kappa shape index (κ3) is 2.50. The number of hydrogen-bond acceptors (Lipinski definition) is 3. The number of para-hydroxylation sites is 1. The van der Waals surface area contributed by atoms with Gasteiger partial charge in [-0.3, -0.25) is 4.98 Å². The van der Waals surface area contributed by atoms with Crippen LogP contribution in [0.3, 0.4) is 0 Å². The van der Waals surface area contributed by atoms with Crippen LogP contribution in [0.5, 0.6) is 5.75 Å². The van der Waals surface area contributed by atoms with E-state index in [1.54, 1.807) is 6.20 Å². The van der Waals surface area contributed by atoms with Gasteiger partial charge in [0, 0.05) is 11.6 Å². The van der Waals surface area contributed by atoms with E-state index in [0.29, 0.717) is 11.8 Å². The highest BCUT2D eigenvalue weighted by Crippen LogP contribution is 2.32. The third-order valence-electron chi connectivity index (χ3n) is 3.94. The minimum absolute atomic E-state index is 0.329. The van der Waals surface area contributed by atoms with Gasteiger partial charge < -0.3 is 10.5 Å². The van der Waals surface area contributed by atoms with Crippen molar-refractivity contribution in [2.24, 2.45) is 5.92 Å². The highest BCUT2D eigenvalue weighted by molar-refractivity contribution is 5.93. The molecule has 3 heteroatoms. The van der Waals surface area contributed by atoms with Gasteiger partial charge in [0.1, 0.15) is 5.75 Å². The second-order valence-corrected chi connectivity index (χ2v) is 5.56. The fourth-order valence-electron chi connectivity index (χ4n) is 2.94. The summed E-state index contributed by atoms with van der Waals surface area (Å²) in [5, 5.41) is 1.01. The maximum atomic E-state index is 6.20. The Morgan fingerprint density at radius 3 is 3.00 bits per heavy atom. The van der Waals surface area contributed by atoms with Crippen molar-refractivity contribution in [2.75, 3.05) is 5.73 Å². The second kappa shape index (κ2) is 5.08. The van der Waals surface area contributed by atoms with Gasteiger partial charge >= 0.3 is 0 Å². The molecule has 3 nitrogen and oxygen atoms in total. The van der Waals surface area contributed by atoms with Gasteiger partial charge in [0.05, 0.1) is 17.3 Å². The molecule has 2 atom stereocenters. The van der Waals surface area contributed by atoms with Gasteiger partial charge in [0.2, 0.25) is 0 Å². The van der Waals surface area contributed by atoms with Gasteiger partial charge in [0.25, 0.3) is 0 Å². The van der Waals surface area contributed by atoms with Crippen molar-refractivity contribution in [1.82, 2.24) is 4.98 Å². The summed E-state index contributed by atoms with van der Waals surface area (Å²) in [6, 6.07) is 7.80. The van der Waals surface area contributed by atoms with Gasteiger partial charge in [-0.2, -0.15) is 0 Å². The standard InChI is InChI=1S/C16H20N2O/c1-11-4-2-5-12(10-11)19-15-8-9-18-16-13(15)6-3-7-14(16)17/h3,6-9,11-12H,2,4-5,10,17H2,1H3. The molecule has 3 rings (SSSR count). The summed E-state index contributed by atoms with van der Waals surface area (Å²) in [7, 11) is 0. The van der Waals surface area contributed by atoms with Crippen molar-refractivity contribution >= 4 is 16.6 Å². The molecular weight excluding hydrogens is 236 g/mol.